The van der Waals surface area contributed by atoms with Gasteiger partial charge in [0.05, 0.1) is 11.4 Å². The number of aryl methyl sites for hydroxylation is 1. The SMILES string of the molecule is CCC(=O)Nc1c[nH]c2ccc(C(C=Nc3ccc(CC)cc3)=CN)cc12. The third-order valence-corrected chi connectivity index (χ3v) is 4.49. The largest absolute Gasteiger partial charge is 0.404 e. The first-order chi connectivity index (χ1) is 13.1. The molecule has 0 bridgehead atoms. The molecule has 0 saturated heterocycles. The Kier molecular flexibility index (Phi) is 5.71. The lowest BCUT2D eigenvalue weighted by atomic mass is 10.1. The molecule has 0 aliphatic heterocycles. The monoisotopic (exact) mass is 360 g/mol. The van der Waals surface area contributed by atoms with Crippen molar-refractivity contribution in [2.45, 2.75) is 26.7 Å². The van der Waals surface area contributed by atoms with Crippen LogP contribution < -0.4 is 11.1 Å². The van der Waals surface area contributed by atoms with E-state index in [1.54, 1.807) is 18.6 Å². The van der Waals surface area contributed by atoms with Gasteiger partial charge in [0, 0.05) is 41.5 Å². The van der Waals surface area contributed by atoms with E-state index in [9.17, 15) is 4.79 Å². The number of rotatable bonds is 6. The number of allylic oxidation sites excluding steroid dienone is 1. The number of anilines is 1. The van der Waals surface area contributed by atoms with Crippen molar-refractivity contribution in [3.8, 4) is 0 Å². The number of H-pyrrole nitrogens is 1. The van der Waals surface area contributed by atoms with Crippen LogP contribution in [0.4, 0.5) is 11.4 Å². The average molecular weight is 360 g/mol. The molecule has 1 heterocycles. The van der Waals surface area contributed by atoms with Gasteiger partial charge in [-0.25, -0.2) is 0 Å². The van der Waals surface area contributed by atoms with Crippen LogP contribution in [0, 0.1) is 0 Å². The number of aromatic amines is 1. The van der Waals surface area contributed by atoms with Crippen molar-refractivity contribution in [2.75, 3.05) is 5.32 Å². The smallest absolute Gasteiger partial charge is 0.224 e. The third kappa shape index (κ3) is 4.26. The number of hydrogen-bond acceptors (Lipinski definition) is 3. The van der Waals surface area contributed by atoms with Crippen LogP contribution in [-0.4, -0.2) is 17.1 Å². The number of fused-ring (bicyclic) bond motifs is 1. The molecule has 0 aliphatic rings. The van der Waals surface area contributed by atoms with Crippen LogP contribution in [0.15, 0.2) is 59.9 Å². The summed E-state index contributed by atoms with van der Waals surface area (Å²) in [5.41, 5.74) is 11.5. The van der Waals surface area contributed by atoms with E-state index >= 15 is 0 Å². The van der Waals surface area contributed by atoms with Crippen LogP contribution in [0.3, 0.4) is 0 Å². The summed E-state index contributed by atoms with van der Waals surface area (Å²) >= 11 is 0. The maximum atomic E-state index is 11.7. The second-order valence-corrected chi connectivity index (χ2v) is 6.26. The van der Waals surface area contributed by atoms with Crippen LogP contribution >= 0.6 is 0 Å². The molecule has 5 nitrogen and oxygen atoms in total. The maximum absolute atomic E-state index is 11.7. The maximum Gasteiger partial charge on any atom is 0.224 e. The number of nitrogens with one attached hydrogen (secondary N) is 2. The van der Waals surface area contributed by atoms with Gasteiger partial charge in [-0.2, -0.15) is 0 Å². The summed E-state index contributed by atoms with van der Waals surface area (Å²) in [6.07, 6.45) is 6.55. The molecule has 1 aromatic heterocycles. The molecular weight excluding hydrogens is 336 g/mol. The Morgan fingerprint density at radius 2 is 1.96 bits per heavy atom. The van der Waals surface area contributed by atoms with Crippen LogP contribution in [0.1, 0.15) is 31.4 Å². The molecule has 2 aromatic carbocycles. The number of nitrogens with two attached hydrogens (primary N) is 1. The molecule has 0 spiro atoms. The van der Waals surface area contributed by atoms with E-state index in [1.165, 1.54) is 5.56 Å². The molecule has 0 saturated carbocycles. The zero-order valence-electron chi connectivity index (χ0n) is 15.6. The molecule has 3 rings (SSSR count). The van der Waals surface area contributed by atoms with Crippen LogP contribution in [0.25, 0.3) is 16.5 Å². The van der Waals surface area contributed by atoms with Crippen molar-refractivity contribution in [1.82, 2.24) is 4.98 Å². The summed E-state index contributed by atoms with van der Waals surface area (Å²) in [5, 5.41) is 3.85. The lowest BCUT2D eigenvalue weighted by molar-refractivity contribution is -0.115. The molecule has 5 heteroatoms. The molecule has 0 radical (unpaired) electrons. The molecule has 3 aromatic rings. The normalized spacial score (nSPS) is 12.0. The van der Waals surface area contributed by atoms with Crippen molar-refractivity contribution in [2.24, 2.45) is 10.7 Å². The first-order valence-electron chi connectivity index (χ1n) is 9.10. The van der Waals surface area contributed by atoms with Gasteiger partial charge in [-0.3, -0.25) is 9.79 Å². The predicted octanol–water partition coefficient (Wildman–Crippen LogP) is 4.78. The van der Waals surface area contributed by atoms with Crippen LogP contribution in [0.5, 0.6) is 0 Å². The highest BCUT2D eigenvalue weighted by molar-refractivity contribution is 6.12. The quantitative estimate of drug-likeness (QED) is 0.553. The van der Waals surface area contributed by atoms with Gasteiger partial charge in [0.25, 0.3) is 0 Å². The Bertz CT molecular complexity index is 997. The topological polar surface area (TPSA) is 83.3 Å². The molecule has 0 aliphatic carbocycles. The highest BCUT2D eigenvalue weighted by Crippen LogP contribution is 2.27. The van der Waals surface area contributed by atoms with E-state index < -0.39 is 0 Å². The lowest BCUT2D eigenvalue weighted by Crippen LogP contribution is -2.08. The van der Waals surface area contributed by atoms with Gasteiger partial charge >= 0.3 is 0 Å². The Hall–Kier alpha value is -3.34. The second kappa shape index (κ2) is 8.36. The molecule has 27 heavy (non-hydrogen) atoms. The first kappa shape index (κ1) is 18.5. The van der Waals surface area contributed by atoms with Crippen LogP contribution in [0.2, 0.25) is 0 Å². The standard InChI is InChI=1S/C22H24N4O/c1-3-15-5-8-18(9-6-15)24-13-17(12-23)16-7-10-20-19(11-16)21(14-25-20)26-22(27)4-2/h5-14,25H,3-4,23H2,1-2H3,(H,26,27). The van der Waals surface area contributed by atoms with Gasteiger partial charge in [-0.1, -0.05) is 32.0 Å². The zero-order chi connectivity index (χ0) is 19.2. The minimum absolute atomic E-state index is 0.0204. The number of nitrogens with zero attached hydrogens (tertiary/aromatic N) is 1. The van der Waals surface area contributed by atoms with E-state index in [-0.39, 0.29) is 5.91 Å². The summed E-state index contributed by atoms with van der Waals surface area (Å²) in [4.78, 5) is 19.4. The van der Waals surface area contributed by atoms with Gasteiger partial charge in [-0.05, 0) is 41.8 Å². The van der Waals surface area contributed by atoms with Gasteiger partial charge < -0.3 is 16.0 Å². The minimum atomic E-state index is -0.0204. The Morgan fingerprint density at radius 3 is 2.63 bits per heavy atom. The number of carbonyl (C=O) groups is 1. The summed E-state index contributed by atoms with van der Waals surface area (Å²) in [5.74, 6) is -0.0204. The summed E-state index contributed by atoms with van der Waals surface area (Å²) < 4.78 is 0. The fourth-order valence-corrected chi connectivity index (χ4v) is 2.82. The fourth-order valence-electron chi connectivity index (χ4n) is 2.82. The van der Waals surface area contributed by atoms with Gasteiger partial charge in [0.2, 0.25) is 5.91 Å². The number of aliphatic imine (C=N–C) groups is 1. The van der Waals surface area contributed by atoms with Crippen LogP contribution in [-0.2, 0) is 11.2 Å². The number of aromatic nitrogens is 1. The zero-order valence-corrected chi connectivity index (χ0v) is 15.6. The Balaban J connectivity index is 1.88. The van der Waals surface area contributed by atoms with E-state index in [4.69, 9.17) is 5.73 Å². The summed E-state index contributed by atoms with van der Waals surface area (Å²) in [6.45, 7) is 3.95. The van der Waals surface area contributed by atoms with E-state index in [0.29, 0.717) is 6.42 Å². The number of carbonyl (C=O) groups excluding carboxylic acids is 1. The van der Waals surface area contributed by atoms with Gasteiger partial charge in [0.1, 0.15) is 0 Å². The average Bonchev–Trinajstić information content (AvgIpc) is 3.11. The lowest BCUT2D eigenvalue weighted by Gasteiger charge is -2.05. The molecule has 4 N–H and O–H groups in total. The molecule has 0 atom stereocenters. The Morgan fingerprint density at radius 1 is 1.19 bits per heavy atom. The van der Waals surface area contributed by atoms with Crippen molar-refractivity contribution in [1.29, 1.82) is 0 Å². The van der Waals surface area contributed by atoms with E-state index in [1.807, 2.05) is 37.3 Å². The third-order valence-electron chi connectivity index (χ3n) is 4.49. The molecule has 0 fully saturated rings. The van der Waals surface area contributed by atoms with Gasteiger partial charge in [0.15, 0.2) is 0 Å². The van der Waals surface area contributed by atoms with Crippen molar-refractivity contribution < 1.29 is 4.79 Å². The number of benzene rings is 2. The van der Waals surface area contributed by atoms with Crippen molar-refractivity contribution in [3.63, 3.8) is 0 Å². The molecular formula is C22H24N4O. The molecule has 1 amide bonds. The summed E-state index contributed by atoms with van der Waals surface area (Å²) in [6, 6.07) is 14.1. The summed E-state index contributed by atoms with van der Waals surface area (Å²) in [7, 11) is 0. The van der Waals surface area contributed by atoms with Crippen molar-refractivity contribution in [3.05, 3.63) is 66.0 Å². The van der Waals surface area contributed by atoms with E-state index in [2.05, 4.69) is 34.3 Å². The minimum Gasteiger partial charge on any atom is -0.404 e. The highest BCUT2D eigenvalue weighted by atomic mass is 16.1. The molecule has 0 unspecified atom stereocenters. The van der Waals surface area contributed by atoms with E-state index in [0.717, 1.165) is 39.8 Å². The van der Waals surface area contributed by atoms with Crippen molar-refractivity contribution >= 4 is 40.0 Å². The highest BCUT2D eigenvalue weighted by Gasteiger charge is 2.08. The number of amides is 1. The first-order valence-corrected chi connectivity index (χ1v) is 9.10. The second-order valence-electron chi connectivity index (χ2n) is 6.26. The number of hydrogen-bond donors (Lipinski definition) is 3. The van der Waals surface area contributed by atoms with Gasteiger partial charge in [-0.15, -0.1) is 0 Å². The Labute approximate surface area is 159 Å². The fraction of sp³-hybridized carbons (Fsp3) is 0.182. The predicted molar refractivity (Wildman–Crippen MR) is 113 cm³/mol. The molecule has 138 valence electrons.